The molecule has 0 saturated heterocycles. The van der Waals surface area contributed by atoms with Crippen molar-refractivity contribution < 1.29 is 13.9 Å². The average molecular weight is 289 g/mol. The maximum absolute atomic E-state index is 13.3. The quantitative estimate of drug-likeness (QED) is 0.791. The van der Waals surface area contributed by atoms with Gasteiger partial charge in [-0.15, -0.1) is 0 Å². The maximum Gasteiger partial charge on any atom is 0.124 e. The maximum atomic E-state index is 13.3. The van der Waals surface area contributed by atoms with E-state index >= 15 is 0 Å². The number of hydrogen-bond acceptors (Lipinski definition) is 3. The van der Waals surface area contributed by atoms with Gasteiger partial charge in [0.15, 0.2) is 0 Å². The van der Waals surface area contributed by atoms with Crippen LogP contribution in [0, 0.1) is 5.82 Å². The normalized spacial score (nSPS) is 12.0. The Balaban J connectivity index is 1.91. The first kappa shape index (κ1) is 15.3. The van der Waals surface area contributed by atoms with E-state index in [0.717, 1.165) is 11.3 Å². The van der Waals surface area contributed by atoms with Gasteiger partial charge in [0.25, 0.3) is 0 Å². The molecule has 0 bridgehead atoms. The molecule has 0 fully saturated rings. The van der Waals surface area contributed by atoms with Crippen LogP contribution in [0.1, 0.15) is 18.5 Å². The van der Waals surface area contributed by atoms with Crippen LogP contribution in [0.2, 0.25) is 0 Å². The van der Waals surface area contributed by atoms with Crippen LogP contribution in [-0.4, -0.2) is 20.3 Å². The lowest BCUT2D eigenvalue weighted by Gasteiger charge is -2.16. The Morgan fingerprint density at radius 3 is 2.48 bits per heavy atom. The minimum atomic E-state index is -0.264. The van der Waals surface area contributed by atoms with Gasteiger partial charge in [-0.1, -0.05) is 18.2 Å². The summed E-state index contributed by atoms with van der Waals surface area (Å²) in [5.41, 5.74) is 0.803. The Hall–Kier alpha value is -2.07. The summed E-state index contributed by atoms with van der Waals surface area (Å²) in [7, 11) is 1.83. The highest BCUT2D eigenvalue weighted by molar-refractivity contribution is 5.36. The third-order valence-electron chi connectivity index (χ3n) is 3.22. The molecule has 112 valence electrons. The van der Waals surface area contributed by atoms with E-state index in [1.807, 2.05) is 44.3 Å². The zero-order chi connectivity index (χ0) is 15.1. The molecule has 1 N–H and O–H groups in total. The zero-order valence-corrected chi connectivity index (χ0v) is 12.3. The highest BCUT2D eigenvalue weighted by Crippen LogP contribution is 2.25. The smallest absolute Gasteiger partial charge is 0.124 e. The van der Waals surface area contributed by atoms with Gasteiger partial charge in [-0.05, 0) is 44.3 Å². The summed E-state index contributed by atoms with van der Waals surface area (Å²) in [5.74, 6) is 1.22. The molecule has 2 aromatic rings. The molecular formula is C17H20FNO2. The summed E-state index contributed by atoms with van der Waals surface area (Å²) in [6.45, 7) is 2.81. The average Bonchev–Trinajstić information content (AvgIpc) is 2.53. The fraction of sp³-hybridized carbons (Fsp3) is 0.294. The minimum absolute atomic E-state index is 0.0192. The largest absolute Gasteiger partial charge is 0.490 e. The van der Waals surface area contributed by atoms with E-state index in [2.05, 4.69) is 5.32 Å². The molecule has 21 heavy (non-hydrogen) atoms. The van der Waals surface area contributed by atoms with Crippen molar-refractivity contribution >= 4 is 0 Å². The van der Waals surface area contributed by atoms with Crippen molar-refractivity contribution in [3.8, 4) is 11.5 Å². The van der Waals surface area contributed by atoms with Gasteiger partial charge in [0.1, 0.15) is 30.5 Å². The van der Waals surface area contributed by atoms with Crippen LogP contribution in [0.25, 0.3) is 0 Å². The molecule has 2 aromatic carbocycles. The van der Waals surface area contributed by atoms with Crippen LogP contribution in [0.4, 0.5) is 4.39 Å². The number of rotatable bonds is 7. The van der Waals surface area contributed by atoms with Gasteiger partial charge >= 0.3 is 0 Å². The number of para-hydroxylation sites is 1. The van der Waals surface area contributed by atoms with Crippen LogP contribution < -0.4 is 14.8 Å². The van der Waals surface area contributed by atoms with Crippen LogP contribution in [0.15, 0.2) is 48.5 Å². The van der Waals surface area contributed by atoms with E-state index in [9.17, 15) is 4.39 Å². The van der Waals surface area contributed by atoms with Crippen molar-refractivity contribution in [1.29, 1.82) is 0 Å². The van der Waals surface area contributed by atoms with Crippen molar-refractivity contribution in [2.75, 3.05) is 20.3 Å². The molecular weight excluding hydrogens is 269 g/mol. The standard InChI is InChI=1S/C17H20FNO2/c1-13(19-2)16-12-14(18)8-9-17(16)21-11-10-20-15-6-4-3-5-7-15/h3-9,12-13,19H,10-11H2,1-2H3. The van der Waals surface area contributed by atoms with Gasteiger partial charge in [0.05, 0.1) is 0 Å². The predicted octanol–water partition coefficient (Wildman–Crippen LogP) is 3.56. The predicted molar refractivity (Wildman–Crippen MR) is 81.3 cm³/mol. The molecule has 3 nitrogen and oxygen atoms in total. The van der Waals surface area contributed by atoms with Crippen LogP contribution in [0.3, 0.4) is 0 Å². The molecule has 0 amide bonds. The first-order valence-electron chi connectivity index (χ1n) is 6.98. The van der Waals surface area contributed by atoms with Crippen molar-refractivity contribution in [1.82, 2.24) is 5.32 Å². The van der Waals surface area contributed by atoms with E-state index < -0.39 is 0 Å². The third-order valence-corrected chi connectivity index (χ3v) is 3.22. The molecule has 0 aromatic heterocycles. The zero-order valence-electron chi connectivity index (χ0n) is 12.3. The number of hydrogen-bond donors (Lipinski definition) is 1. The Kier molecular flexibility index (Phi) is 5.58. The Labute approximate surface area is 124 Å². The van der Waals surface area contributed by atoms with Crippen LogP contribution >= 0.6 is 0 Å². The van der Waals surface area contributed by atoms with E-state index in [-0.39, 0.29) is 11.9 Å². The fourth-order valence-electron chi connectivity index (χ4n) is 1.97. The molecule has 0 heterocycles. The SMILES string of the molecule is CNC(C)c1cc(F)ccc1OCCOc1ccccc1. The van der Waals surface area contributed by atoms with Gasteiger partial charge in [0.2, 0.25) is 0 Å². The summed E-state index contributed by atoms with van der Waals surface area (Å²) in [4.78, 5) is 0. The van der Waals surface area contributed by atoms with E-state index in [4.69, 9.17) is 9.47 Å². The van der Waals surface area contributed by atoms with Gasteiger partial charge in [-0.2, -0.15) is 0 Å². The molecule has 1 unspecified atom stereocenters. The lowest BCUT2D eigenvalue weighted by Crippen LogP contribution is -2.16. The van der Waals surface area contributed by atoms with Crippen LogP contribution in [0.5, 0.6) is 11.5 Å². The molecule has 2 rings (SSSR count). The van der Waals surface area contributed by atoms with Crippen LogP contribution in [-0.2, 0) is 0 Å². The fourth-order valence-corrected chi connectivity index (χ4v) is 1.97. The number of ether oxygens (including phenoxy) is 2. The molecule has 0 aliphatic carbocycles. The van der Waals surface area contributed by atoms with Crippen molar-refractivity contribution in [3.05, 3.63) is 59.9 Å². The van der Waals surface area contributed by atoms with Crippen molar-refractivity contribution in [2.24, 2.45) is 0 Å². The summed E-state index contributed by atoms with van der Waals surface area (Å²) in [6, 6.07) is 14.1. The summed E-state index contributed by atoms with van der Waals surface area (Å²) < 4.78 is 24.6. The highest BCUT2D eigenvalue weighted by Gasteiger charge is 2.11. The van der Waals surface area contributed by atoms with Gasteiger partial charge < -0.3 is 14.8 Å². The minimum Gasteiger partial charge on any atom is -0.490 e. The van der Waals surface area contributed by atoms with E-state index in [0.29, 0.717) is 19.0 Å². The van der Waals surface area contributed by atoms with Crippen molar-refractivity contribution in [3.63, 3.8) is 0 Å². The second-order valence-electron chi connectivity index (χ2n) is 4.70. The number of benzene rings is 2. The molecule has 0 radical (unpaired) electrons. The molecule has 0 aliphatic heterocycles. The lowest BCUT2D eigenvalue weighted by molar-refractivity contribution is 0.215. The van der Waals surface area contributed by atoms with Crippen molar-refractivity contribution in [2.45, 2.75) is 13.0 Å². The highest BCUT2D eigenvalue weighted by atomic mass is 19.1. The Morgan fingerprint density at radius 2 is 1.76 bits per heavy atom. The number of nitrogens with one attached hydrogen (secondary N) is 1. The van der Waals surface area contributed by atoms with E-state index in [1.165, 1.54) is 12.1 Å². The number of halogens is 1. The lowest BCUT2D eigenvalue weighted by atomic mass is 10.1. The van der Waals surface area contributed by atoms with E-state index in [1.54, 1.807) is 6.07 Å². The summed E-state index contributed by atoms with van der Waals surface area (Å²) >= 11 is 0. The van der Waals surface area contributed by atoms with Gasteiger partial charge in [-0.25, -0.2) is 4.39 Å². The Morgan fingerprint density at radius 1 is 1.05 bits per heavy atom. The molecule has 0 aliphatic rings. The molecule has 4 heteroatoms. The summed E-state index contributed by atoms with van der Waals surface area (Å²) in [6.07, 6.45) is 0. The second-order valence-corrected chi connectivity index (χ2v) is 4.70. The monoisotopic (exact) mass is 289 g/mol. The first-order chi connectivity index (χ1) is 10.2. The molecule has 1 atom stereocenters. The second kappa shape index (κ2) is 7.64. The van der Waals surface area contributed by atoms with Gasteiger partial charge in [0, 0.05) is 11.6 Å². The molecule has 0 saturated carbocycles. The Bertz CT molecular complexity index is 560. The molecule has 0 spiro atoms. The first-order valence-corrected chi connectivity index (χ1v) is 6.98. The topological polar surface area (TPSA) is 30.5 Å². The summed E-state index contributed by atoms with van der Waals surface area (Å²) in [5, 5.41) is 3.09. The third kappa shape index (κ3) is 4.46. The van der Waals surface area contributed by atoms with Gasteiger partial charge in [-0.3, -0.25) is 0 Å².